The fourth-order valence-electron chi connectivity index (χ4n) is 5.38. The summed E-state index contributed by atoms with van der Waals surface area (Å²) in [6.07, 6.45) is 9.52. The third-order valence-corrected chi connectivity index (χ3v) is 7.59. The van der Waals surface area contributed by atoms with E-state index in [2.05, 4.69) is 25.4 Å². The quantitative estimate of drug-likeness (QED) is 0.453. The molecule has 2 saturated carbocycles. The number of carbonyl (C=O) groups is 1. The van der Waals surface area contributed by atoms with Crippen LogP contribution in [0.3, 0.4) is 0 Å². The van der Waals surface area contributed by atoms with Crippen LogP contribution < -0.4 is 15.4 Å². The first-order valence-corrected chi connectivity index (χ1v) is 13.7. The zero-order valence-corrected chi connectivity index (χ0v) is 20.2. The maximum Gasteiger partial charge on any atom is 0.255 e. The van der Waals surface area contributed by atoms with Crippen molar-refractivity contribution < 1.29 is 13.2 Å². The first-order chi connectivity index (χ1) is 16.3. The topological polar surface area (TPSA) is 118 Å². The molecule has 2 heterocycles. The third-order valence-electron chi connectivity index (χ3n) is 6.99. The zero-order valence-electron chi connectivity index (χ0n) is 19.4. The lowest BCUT2D eigenvalue weighted by atomic mass is 9.94. The predicted molar refractivity (Wildman–Crippen MR) is 132 cm³/mol. The van der Waals surface area contributed by atoms with E-state index < -0.39 is 10.0 Å². The highest BCUT2D eigenvalue weighted by Gasteiger charge is 2.40. The highest BCUT2D eigenvalue weighted by atomic mass is 32.2. The Morgan fingerprint density at radius 3 is 2.59 bits per heavy atom. The lowest BCUT2D eigenvalue weighted by molar-refractivity contribution is 0.0951. The van der Waals surface area contributed by atoms with Gasteiger partial charge in [-0.2, -0.15) is 5.10 Å². The molecule has 2 aliphatic rings. The number of sulfonamides is 1. The van der Waals surface area contributed by atoms with Crippen LogP contribution in [0.1, 0.15) is 48.5 Å². The Morgan fingerprint density at radius 2 is 1.94 bits per heavy atom. The number of pyridine rings is 1. The van der Waals surface area contributed by atoms with Crippen molar-refractivity contribution in [2.24, 2.45) is 11.8 Å². The van der Waals surface area contributed by atoms with Crippen LogP contribution in [0.15, 0.2) is 36.7 Å². The van der Waals surface area contributed by atoms with Crippen LogP contribution in [0.2, 0.25) is 0 Å². The number of hydrogen-bond donors (Lipinski definition) is 3. The summed E-state index contributed by atoms with van der Waals surface area (Å²) in [6.45, 7) is 3.05. The lowest BCUT2D eigenvalue weighted by Gasteiger charge is -2.25. The highest BCUT2D eigenvalue weighted by molar-refractivity contribution is 7.92. The molecule has 2 aromatic heterocycles. The Balaban J connectivity index is 1.36. The molecule has 0 spiro atoms. The number of fused-ring (bicyclic) bond motifs is 3. The zero-order chi connectivity index (χ0) is 23.9. The van der Waals surface area contributed by atoms with Crippen LogP contribution in [0, 0.1) is 11.8 Å². The SMILES string of the molecule is CCn1ncc2c(N[C@@H]3C[C@H]4CC[C@@H]3C4)c(C(=O)NCc3ccc(NS(C)(=O)=O)cc3)cnc21. The fraction of sp³-hybridized carbons (Fsp3) is 0.458. The number of nitrogens with zero attached hydrogens (tertiary/aromatic N) is 3. The largest absolute Gasteiger partial charge is 0.381 e. The van der Waals surface area contributed by atoms with Crippen molar-refractivity contribution in [2.75, 3.05) is 16.3 Å². The molecule has 2 bridgehead atoms. The molecule has 3 atom stereocenters. The van der Waals surface area contributed by atoms with Crippen molar-refractivity contribution in [3.05, 3.63) is 47.8 Å². The van der Waals surface area contributed by atoms with Crippen molar-refractivity contribution >= 4 is 38.3 Å². The van der Waals surface area contributed by atoms with Gasteiger partial charge in [0.25, 0.3) is 5.91 Å². The van der Waals surface area contributed by atoms with Crippen molar-refractivity contribution in [1.82, 2.24) is 20.1 Å². The van der Waals surface area contributed by atoms with E-state index in [4.69, 9.17) is 0 Å². The Bertz CT molecular complexity index is 1320. The molecule has 2 aliphatic carbocycles. The minimum absolute atomic E-state index is 0.206. The van der Waals surface area contributed by atoms with Gasteiger partial charge in [-0.25, -0.2) is 18.1 Å². The molecule has 3 N–H and O–H groups in total. The second-order valence-electron chi connectivity index (χ2n) is 9.42. The molecule has 2 fully saturated rings. The molecule has 0 saturated heterocycles. The number of carbonyl (C=O) groups excluding carboxylic acids is 1. The van der Waals surface area contributed by atoms with Gasteiger partial charge in [0.1, 0.15) is 0 Å². The maximum absolute atomic E-state index is 13.2. The van der Waals surface area contributed by atoms with Crippen molar-refractivity contribution in [3.8, 4) is 0 Å². The highest BCUT2D eigenvalue weighted by Crippen LogP contribution is 2.46. The van der Waals surface area contributed by atoms with Gasteiger partial charge in [0, 0.05) is 31.0 Å². The smallest absolute Gasteiger partial charge is 0.255 e. The summed E-state index contributed by atoms with van der Waals surface area (Å²) >= 11 is 0. The molecule has 9 nitrogen and oxygen atoms in total. The molecule has 5 rings (SSSR count). The molecule has 0 radical (unpaired) electrons. The Kier molecular flexibility index (Phi) is 5.93. The van der Waals surface area contributed by atoms with Crippen LogP contribution in [-0.4, -0.2) is 41.4 Å². The first-order valence-electron chi connectivity index (χ1n) is 11.8. The molecular formula is C24H30N6O3S. The van der Waals surface area contributed by atoms with Crippen molar-refractivity contribution in [3.63, 3.8) is 0 Å². The lowest BCUT2D eigenvalue weighted by Crippen LogP contribution is -2.29. The van der Waals surface area contributed by atoms with Gasteiger partial charge in [-0.15, -0.1) is 0 Å². The summed E-state index contributed by atoms with van der Waals surface area (Å²) in [7, 11) is -3.33. The Labute approximate surface area is 199 Å². The number of aromatic nitrogens is 3. The number of benzene rings is 1. The summed E-state index contributed by atoms with van der Waals surface area (Å²) < 4.78 is 27.0. The van der Waals surface area contributed by atoms with Gasteiger partial charge >= 0.3 is 0 Å². The van der Waals surface area contributed by atoms with Gasteiger partial charge in [-0.1, -0.05) is 18.6 Å². The van der Waals surface area contributed by atoms with Gasteiger partial charge in [0.2, 0.25) is 10.0 Å². The number of nitrogens with one attached hydrogen (secondary N) is 3. The molecule has 1 amide bonds. The van der Waals surface area contributed by atoms with Crippen molar-refractivity contribution in [1.29, 1.82) is 0 Å². The first kappa shape index (κ1) is 22.6. The fourth-order valence-corrected chi connectivity index (χ4v) is 5.94. The Hall–Kier alpha value is -3.14. The molecule has 10 heteroatoms. The van der Waals surface area contributed by atoms with E-state index in [-0.39, 0.29) is 5.91 Å². The van der Waals surface area contributed by atoms with Crippen molar-refractivity contribution in [2.45, 2.75) is 51.7 Å². The molecule has 3 aromatic rings. The maximum atomic E-state index is 13.2. The normalized spacial score (nSPS) is 21.6. The van der Waals surface area contributed by atoms with E-state index in [1.165, 1.54) is 19.3 Å². The van der Waals surface area contributed by atoms with E-state index in [1.54, 1.807) is 36.7 Å². The number of rotatable bonds is 8. The van der Waals surface area contributed by atoms with Crippen LogP contribution in [0.25, 0.3) is 11.0 Å². The number of hydrogen-bond acceptors (Lipinski definition) is 6. The number of anilines is 2. The van der Waals surface area contributed by atoms with E-state index >= 15 is 0 Å². The van der Waals surface area contributed by atoms with Crippen LogP contribution in [-0.2, 0) is 23.1 Å². The minimum atomic E-state index is -3.33. The molecule has 1 aromatic carbocycles. The number of aryl methyl sites for hydroxylation is 1. The summed E-state index contributed by atoms with van der Waals surface area (Å²) in [4.78, 5) is 17.8. The summed E-state index contributed by atoms with van der Waals surface area (Å²) in [5.41, 5.74) is 3.45. The van der Waals surface area contributed by atoms with Crippen LogP contribution >= 0.6 is 0 Å². The second kappa shape index (κ2) is 8.90. The molecule has 180 valence electrons. The predicted octanol–water partition coefficient (Wildman–Crippen LogP) is 3.35. The van der Waals surface area contributed by atoms with E-state index in [0.29, 0.717) is 36.3 Å². The van der Waals surface area contributed by atoms with Gasteiger partial charge < -0.3 is 10.6 Å². The standard InChI is InChI=1S/C24H30N6O3S/c1-3-30-23-19(14-27-30)22(28-21-11-16-4-7-17(21)10-16)20(13-25-23)24(31)26-12-15-5-8-18(9-6-15)29-34(2,32)33/h5-6,8-9,13-14,16-17,21,29H,3-4,7,10-12H2,1-2H3,(H,25,28)(H,26,31)/t16-,17+,21+/m0/s1. The molecule has 0 unspecified atom stereocenters. The van der Waals surface area contributed by atoms with E-state index in [9.17, 15) is 13.2 Å². The van der Waals surface area contributed by atoms with E-state index in [0.717, 1.165) is 40.9 Å². The third kappa shape index (κ3) is 4.59. The van der Waals surface area contributed by atoms with Gasteiger partial charge in [-0.3, -0.25) is 9.52 Å². The van der Waals surface area contributed by atoms with Crippen LogP contribution in [0.4, 0.5) is 11.4 Å². The summed E-state index contributed by atoms with van der Waals surface area (Å²) in [6, 6.07) is 7.30. The van der Waals surface area contributed by atoms with Gasteiger partial charge in [0.15, 0.2) is 5.65 Å². The molecular weight excluding hydrogens is 452 g/mol. The van der Waals surface area contributed by atoms with Crippen LogP contribution in [0.5, 0.6) is 0 Å². The average Bonchev–Trinajstić information content (AvgIpc) is 3.53. The monoisotopic (exact) mass is 482 g/mol. The molecule has 0 aliphatic heterocycles. The minimum Gasteiger partial charge on any atom is -0.381 e. The summed E-state index contributed by atoms with van der Waals surface area (Å²) in [5.74, 6) is 1.24. The second-order valence-corrected chi connectivity index (χ2v) is 11.2. The average molecular weight is 483 g/mol. The summed E-state index contributed by atoms with van der Waals surface area (Å²) in [5, 5.41) is 12.0. The van der Waals surface area contributed by atoms with Gasteiger partial charge in [0.05, 0.1) is 29.1 Å². The molecule has 34 heavy (non-hydrogen) atoms. The van der Waals surface area contributed by atoms with Gasteiger partial charge in [-0.05, 0) is 55.7 Å². The number of amides is 1. The van der Waals surface area contributed by atoms with E-state index in [1.807, 2.05) is 11.6 Å². The Morgan fingerprint density at radius 1 is 1.15 bits per heavy atom.